The maximum absolute atomic E-state index is 11.0. The van der Waals surface area contributed by atoms with Gasteiger partial charge in [0.15, 0.2) is 0 Å². The van der Waals surface area contributed by atoms with Crippen molar-refractivity contribution in [3.05, 3.63) is 0 Å². The summed E-state index contributed by atoms with van der Waals surface area (Å²) in [6, 6.07) is 0.582. The molecule has 1 N–H and O–H groups in total. The van der Waals surface area contributed by atoms with Gasteiger partial charge in [0.25, 0.3) is 0 Å². The van der Waals surface area contributed by atoms with Crippen LogP contribution in [-0.4, -0.2) is 58.1 Å². The summed E-state index contributed by atoms with van der Waals surface area (Å²) in [6.07, 6.45) is 4.49. The average molecular weight is 234 g/mol. The molecule has 1 aliphatic rings. The predicted octanol–water partition coefficient (Wildman–Crippen LogP) is 0.105. The summed E-state index contributed by atoms with van der Waals surface area (Å²) >= 11 is 0. The number of hydrogen-bond acceptors (Lipinski definition) is 4. The molecule has 1 unspecified atom stereocenters. The fourth-order valence-corrected chi connectivity index (χ4v) is 2.62. The van der Waals surface area contributed by atoms with Crippen molar-refractivity contribution < 1.29 is 8.42 Å². The molecule has 1 atom stereocenters. The lowest BCUT2D eigenvalue weighted by molar-refractivity contribution is 0.204. The van der Waals surface area contributed by atoms with Crippen molar-refractivity contribution in [2.24, 2.45) is 0 Å². The Hall–Kier alpha value is -0.130. The molecule has 0 aromatic carbocycles. The molecule has 0 aromatic rings. The number of rotatable bonds is 5. The van der Waals surface area contributed by atoms with Crippen LogP contribution in [0.1, 0.15) is 19.3 Å². The van der Waals surface area contributed by atoms with Gasteiger partial charge in [-0.2, -0.15) is 0 Å². The van der Waals surface area contributed by atoms with Gasteiger partial charge in [0.2, 0.25) is 0 Å². The lowest BCUT2D eigenvalue weighted by Crippen LogP contribution is -2.44. The van der Waals surface area contributed by atoms with Crippen LogP contribution in [-0.2, 0) is 9.84 Å². The predicted molar refractivity (Wildman–Crippen MR) is 62.8 cm³/mol. The zero-order valence-electron chi connectivity index (χ0n) is 9.70. The maximum atomic E-state index is 11.0. The first kappa shape index (κ1) is 12.9. The minimum atomic E-state index is -2.79. The van der Waals surface area contributed by atoms with Gasteiger partial charge in [0.05, 0.1) is 5.75 Å². The summed E-state index contributed by atoms with van der Waals surface area (Å²) < 4.78 is 21.9. The lowest BCUT2D eigenvalue weighted by atomic mass is 10.1. The Morgan fingerprint density at radius 2 is 2.20 bits per heavy atom. The van der Waals surface area contributed by atoms with E-state index in [-0.39, 0.29) is 0 Å². The zero-order valence-corrected chi connectivity index (χ0v) is 10.5. The van der Waals surface area contributed by atoms with E-state index in [9.17, 15) is 8.42 Å². The molecule has 1 fully saturated rings. The van der Waals surface area contributed by atoms with Crippen molar-refractivity contribution in [3.8, 4) is 0 Å². The zero-order chi connectivity index (χ0) is 11.3. The first-order valence-corrected chi connectivity index (χ1v) is 7.64. The highest BCUT2D eigenvalue weighted by Gasteiger charge is 2.17. The molecule has 5 heteroatoms. The summed E-state index contributed by atoms with van der Waals surface area (Å²) in [5, 5.41) is 3.36. The van der Waals surface area contributed by atoms with Gasteiger partial charge >= 0.3 is 0 Å². The van der Waals surface area contributed by atoms with E-state index in [1.165, 1.54) is 19.1 Å². The molecular weight excluding hydrogens is 212 g/mol. The highest BCUT2D eigenvalue weighted by Crippen LogP contribution is 2.08. The van der Waals surface area contributed by atoms with Crippen LogP contribution in [0.25, 0.3) is 0 Å². The van der Waals surface area contributed by atoms with Crippen LogP contribution in [0.4, 0.5) is 0 Å². The van der Waals surface area contributed by atoms with Gasteiger partial charge in [-0.3, -0.25) is 0 Å². The molecule has 0 radical (unpaired) electrons. The molecular formula is C10H22N2O2S. The van der Waals surface area contributed by atoms with Gasteiger partial charge in [-0.15, -0.1) is 0 Å². The second-order valence-corrected chi connectivity index (χ2v) is 6.72. The molecule has 0 spiro atoms. The van der Waals surface area contributed by atoms with Gasteiger partial charge in [0.1, 0.15) is 9.84 Å². The van der Waals surface area contributed by atoms with Gasteiger partial charge in [-0.25, -0.2) is 8.42 Å². The fraction of sp³-hybridized carbons (Fsp3) is 1.00. The number of piperidine rings is 1. The summed E-state index contributed by atoms with van der Waals surface area (Å²) in [5.74, 6) is 0.303. The summed E-state index contributed by atoms with van der Waals surface area (Å²) in [6.45, 7) is 3.03. The molecule has 4 nitrogen and oxygen atoms in total. The summed E-state index contributed by atoms with van der Waals surface area (Å²) in [5.41, 5.74) is 0. The Morgan fingerprint density at radius 3 is 2.73 bits per heavy atom. The Kier molecular flexibility index (Phi) is 5.02. The number of likely N-dealkylation sites (N-methyl/N-ethyl adjacent to an activating group) is 1. The van der Waals surface area contributed by atoms with Crippen LogP contribution in [0.3, 0.4) is 0 Å². The minimum Gasteiger partial charge on any atom is -0.315 e. The molecule has 0 aliphatic carbocycles. The van der Waals surface area contributed by atoms with Crippen molar-refractivity contribution in [2.45, 2.75) is 25.3 Å². The molecule has 1 saturated heterocycles. The second kappa shape index (κ2) is 5.82. The van der Waals surface area contributed by atoms with E-state index in [1.807, 2.05) is 0 Å². The van der Waals surface area contributed by atoms with E-state index < -0.39 is 9.84 Å². The summed E-state index contributed by atoms with van der Waals surface area (Å²) in [4.78, 5) is 2.28. The number of nitrogens with one attached hydrogen (secondary N) is 1. The van der Waals surface area contributed by atoms with E-state index in [1.54, 1.807) is 0 Å². The smallest absolute Gasteiger partial charge is 0.147 e. The quantitative estimate of drug-likeness (QED) is 0.733. The second-order valence-electron chi connectivity index (χ2n) is 4.46. The minimum absolute atomic E-state index is 0.303. The standard InChI is InChI=1S/C10H22N2O2S/c1-12(7-4-8-15(2,13)14)10-5-3-6-11-9-10/h10-11H,3-9H2,1-2H3. The van der Waals surface area contributed by atoms with Crippen molar-refractivity contribution in [2.75, 3.05) is 38.7 Å². The van der Waals surface area contributed by atoms with Crippen LogP contribution in [0, 0.1) is 0 Å². The van der Waals surface area contributed by atoms with Crippen LogP contribution < -0.4 is 5.32 Å². The fourth-order valence-electron chi connectivity index (χ4n) is 1.97. The van der Waals surface area contributed by atoms with Gasteiger partial charge in [0, 0.05) is 18.8 Å². The third-order valence-corrected chi connectivity index (χ3v) is 3.95. The van der Waals surface area contributed by atoms with Crippen LogP contribution >= 0.6 is 0 Å². The first-order valence-electron chi connectivity index (χ1n) is 5.58. The normalized spacial score (nSPS) is 23.3. The van der Waals surface area contributed by atoms with Crippen LogP contribution in [0.15, 0.2) is 0 Å². The first-order chi connectivity index (χ1) is 6.99. The number of sulfone groups is 1. The molecule has 15 heavy (non-hydrogen) atoms. The molecule has 0 amide bonds. The topological polar surface area (TPSA) is 49.4 Å². The average Bonchev–Trinajstić information content (AvgIpc) is 2.17. The van der Waals surface area contributed by atoms with Crippen molar-refractivity contribution in [1.29, 1.82) is 0 Å². The molecule has 90 valence electrons. The molecule has 1 rings (SSSR count). The Bertz CT molecular complexity index is 271. The van der Waals surface area contributed by atoms with Gasteiger partial charge < -0.3 is 10.2 Å². The Morgan fingerprint density at radius 1 is 1.47 bits per heavy atom. The molecule has 1 aliphatic heterocycles. The van der Waals surface area contributed by atoms with Crippen molar-refractivity contribution in [1.82, 2.24) is 10.2 Å². The van der Waals surface area contributed by atoms with E-state index in [0.29, 0.717) is 11.8 Å². The SMILES string of the molecule is CN(CCCS(C)(=O)=O)C1CCCNC1. The Labute approximate surface area is 93.0 Å². The van der Waals surface area contributed by atoms with E-state index in [0.717, 1.165) is 26.1 Å². The molecule has 0 bridgehead atoms. The van der Waals surface area contributed by atoms with Crippen molar-refractivity contribution in [3.63, 3.8) is 0 Å². The lowest BCUT2D eigenvalue weighted by Gasteiger charge is -2.31. The van der Waals surface area contributed by atoms with Gasteiger partial charge in [-0.05, 0) is 39.4 Å². The van der Waals surface area contributed by atoms with E-state index in [4.69, 9.17) is 0 Å². The van der Waals surface area contributed by atoms with Crippen molar-refractivity contribution >= 4 is 9.84 Å². The maximum Gasteiger partial charge on any atom is 0.147 e. The molecule has 1 heterocycles. The highest BCUT2D eigenvalue weighted by molar-refractivity contribution is 7.90. The largest absolute Gasteiger partial charge is 0.315 e. The number of hydrogen-bond donors (Lipinski definition) is 1. The summed E-state index contributed by atoms with van der Waals surface area (Å²) in [7, 11) is -0.710. The third-order valence-electron chi connectivity index (χ3n) is 2.92. The number of nitrogens with zero attached hydrogens (tertiary/aromatic N) is 1. The van der Waals surface area contributed by atoms with E-state index in [2.05, 4.69) is 17.3 Å². The highest BCUT2D eigenvalue weighted by atomic mass is 32.2. The molecule has 0 aromatic heterocycles. The molecule has 0 saturated carbocycles. The van der Waals surface area contributed by atoms with Crippen LogP contribution in [0.5, 0.6) is 0 Å². The van der Waals surface area contributed by atoms with Gasteiger partial charge in [-0.1, -0.05) is 0 Å². The van der Waals surface area contributed by atoms with E-state index >= 15 is 0 Å². The van der Waals surface area contributed by atoms with Crippen LogP contribution in [0.2, 0.25) is 0 Å². The Balaban J connectivity index is 2.20. The third kappa shape index (κ3) is 5.49. The monoisotopic (exact) mass is 234 g/mol.